The Balaban J connectivity index is 1.56. The summed E-state index contributed by atoms with van der Waals surface area (Å²) in [6.07, 6.45) is 5.44. The molecule has 33 heavy (non-hydrogen) atoms. The fourth-order valence-electron chi connectivity index (χ4n) is 3.59. The molecule has 6 nitrogen and oxygen atoms in total. The van der Waals surface area contributed by atoms with Crippen LogP contribution in [0.5, 0.6) is 5.75 Å². The van der Waals surface area contributed by atoms with Crippen molar-refractivity contribution in [2.75, 3.05) is 11.9 Å². The average molecular weight is 488 g/mol. The number of rotatable bonds is 7. The van der Waals surface area contributed by atoms with Gasteiger partial charge in [-0.25, -0.2) is 0 Å². The molecule has 0 spiro atoms. The third kappa shape index (κ3) is 7.72. The third-order valence-corrected chi connectivity index (χ3v) is 5.87. The highest BCUT2D eigenvalue weighted by Gasteiger charge is 2.19. The van der Waals surface area contributed by atoms with Gasteiger partial charge in [-0.1, -0.05) is 44.7 Å². The summed E-state index contributed by atoms with van der Waals surface area (Å²) in [6, 6.07) is 12.0. The Morgan fingerprint density at radius 1 is 1.06 bits per heavy atom. The molecule has 176 valence electrons. The van der Waals surface area contributed by atoms with E-state index in [-0.39, 0.29) is 23.0 Å². The number of halogens is 1. The second-order valence-corrected chi connectivity index (χ2v) is 9.46. The maximum absolute atomic E-state index is 12.7. The molecule has 0 saturated heterocycles. The van der Waals surface area contributed by atoms with Crippen molar-refractivity contribution in [1.82, 2.24) is 10.6 Å². The maximum Gasteiger partial charge on any atom is 0.257 e. The lowest BCUT2D eigenvalue weighted by Gasteiger charge is -2.23. The Labute approximate surface area is 205 Å². The summed E-state index contributed by atoms with van der Waals surface area (Å²) in [5, 5.41) is 9.16. The van der Waals surface area contributed by atoms with Gasteiger partial charge in [-0.2, -0.15) is 0 Å². The normalized spacial score (nSPS) is 13.9. The molecule has 0 aromatic heterocycles. The van der Waals surface area contributed by atoms with Gasteiger partial charge in [0.25, 0.3) is 11.8 Å². The first-order valence-electron chi connectivity index (χ1n) is 11.3. The van der Waals surface area contributed by atoms with Crippen LogP contribution in [0.4, 0.5) is 5.69 Å². The van der Waals surface area contributed by atoms with Gasteiger partial charge in [0, 0.05) is 17.3 Å². The minimum Gasteiger partial charge on any atom is -0.493 e. The topological polar surface area (TPSA) is 79.5 Å². The molecule has 3 N–H and O–H groups in total. The second kappa shape index (κ2) is 12.0. The Hall–Kier alpha value is -2.64. The van der Waals surface area contributed by atoms with Crippen LogP contribution in [0.3, 0.4) is 0 Å². The Morgan fingerprint density at radius 2 is 1.76 bits per heavy atom. The lowest BCUT2D eigenvalue weighted by Crippen LogP contribution is -2.36. The van der Waals surface area contributed by atoms with Gasteiger partial charge in [0.05, 0.1) is 17.2 Å². The van der Waals surface area contributed by atoms with Crippen molar-refractivity contribution in [3.63, 3.8) is 0 Å². The molecule has 8 heteroatoms. The van der Waals surface area contributed by atoms with Crippen LogP contribution in [0, 0.1) is 5.92 Å². The van der Waals surface area contributed by atoms with Crippen LogP contribution >= 0.6 is 23.8 Å². The summed E-state index contributed by atoms with van der Waals surface area (Å²) < 4.78 is 5.64. The molecule has 2 aromatic rings. The smallest absolute Gasteiger partial charge is 0.257 e. The van der Waals surface area contributed by atoms with Crippen molar-refractivity contribution < 1.29 is 14.3 Å². The van der Waals surface area contributed by atoms with Crippen LogP contribution in [-0.2, 0) is 0 Å². The minimum atomic E-state index is -0.341. The van der Waals surface area contributed by atoms with Crippen LogP contribution in [-0.4, -0.2) is 29.6 Å². The molecule has 0 aliphatic heterocycles. The second-order valence-electron chi connectivity index (χ2n) is 8.64. The number of benzene rings is 2. The van der Waals surface area contributed by atoms with Gasteiger partial charge in [0.15, 0.2) is 5.11 Å². The Kier molecular flexibility index (Phi) is 9.09. The van der Waals surface area contributed by atoms with E-state index in [1.165, 1.54) is 6.42 Å². The van der Waals surface area contributed by atoms with Crippen LogP contribution in [0.25, 0.3) is 0 Å². The number of hydrogen-bond acceptors (Lipinski definition) is 4. The summed E-state index contributed by atoms with van der Waals surface area (Å²) in [5.41, 5.74) is 1.40. The fraction of sp³-hybridized carbons (Fsp3) is 0.400. The number of anilines is 1. The summed E-state index contributed by atoms with van der Waals surface area (Å²) in [7, 11) is 0. The Bertz CT molecular complexity index is 989. The van der Waals surface area contributed by atoms with E-state index in [2.05, 4.69) is 29.8 Å². The number of ether oxygens (including phenoxy) is 1. The molecule has 1 aliphatic carbocycles. The van der Waals surface area contributed by atoms with Crippen LogP contribution < -0.4 is 20.7 Å². The first-order chi connectivity index (χ1) is 15.8. The van der Waals surface area contributed by atoms with Crippen molar-refractivity contribution in [2.24, 2.45) is 5.92 Å². The highest BCUT2D eigenvalue weighted by Crippen LogP contribution is 2.23. The SMILES string of the molecule is CC(C)COc1ccc(C(=O)NC(=S)Nc2ccc(Cl)c(C(=O)NC3CCCCC3)c2)cc1. The molecular formula is C25H30ClN3O3S. The molecule has 1 aliphatic rings. The van der Waals surface area contributed by atoms with Crippen LogP contribution in [0.1, 0.15) is 66.7 Å². The molecule has 0 heterocycles. The molecule has 1 saturated carbocycles. The van der Waals surface area contributed by atoms with Gasteiger partial charge in [-0.15, -0.1) is 0 Å². The van der Waals surface area contributed by atoms with Gasteiger partial charge < -0.3 is 15.4 Å². The number of thiocarbonyl (C=S) groups is 1. The van der Waals surface area contributed by atoms with E-state index in [1.807, 2.05) is 0 Å². The maximum atomic E-state index is 12.7. The molecule has 0 unspecified atom stereocenters. The zero-order valence-corrected chi connectivity index (χ0v) is 20.5. The summed E-state index contributed by atoms with van der Waals surface area (Å²) in [6.45, 7) is 4.76. The first kappa shape index (κ1) is 25.0. The van der Waals surface area contributed by atoms with E-state index in [0.29, 0.717) is 40.1 Å². The molecule has 0 atom stereocenters. The lowest BCUT2D eigenvalue weighted by atomic mass is 9.95. The largest absolute Gasteiger partial charge is 0.493 e. The molecule has 0 bridgehead atoms. The zero-order chi connectivity index (χ0) is 23.8. The number of hydrogen-bond donors (Lipinski definition) is 3. The predicted molar refractivity (Wildman–Crippen MR) is 136 cm³/mol. The van der Waals surface area contributed by atoms with E-state index < -0.39 is 0 Å². The van der Waals surface area contributed by atoms with Crippen molar-refractivity contribution in [3.05, 3.63) is 58.6 Å². The van der Waals surface area contributed by atoms with Gasteiger partial charge in [0.2, 0.25) is 0 Å². The van der Waals surface area contributed by atoms with Gasteiger partial charge in [0.1, 0.15) is 5.75 Å². The van der Waals surface area contributed by atoms with E-state index in [0.717, 1.165) is 25.7 Å². The quantitative estimate of drug-likeness (QED) is 0.445. The molecule has 3 rings (SSSR count). The minimum absolute atomic E-state index is 0.126. The Morgan fingerprint density at radius 3 is 2.42 bits per heavy atom. The summed E-state index contributed by atoms with van der Waals surface area (Å²) in [5.74, 6) is 0.585. The highest BCUT2D eigenvalue weighted by atomic mass is 35.5. The van der Waals surface area contributed by atoms with Crippen molar-refractivity contribution in [1.29, 1.82) is 0 Å². The van der Waals surface area contributed by atoms with Crippen LogP contribution in [0.2, 0.25) is 5.02 Å². The number of carbonyl (C=O) groups is 2. The molecule has 2 aromatic carbocycles. The fourth-order valence-corrected chi connectivity index (χ4v) is 4.00. The lowest BCUT2D eigenvalue weighted by molar-refractivity contribution is 0.0926. The van der Waals surface area contributed by atoms with Crippen molar-refractivity contribution in [3.8, 4) is 5.75 Å². The monoisotopic (exact) mass is 487 g/mol. The summed E-state index contributed by atoms with van der Waals surface area (Å²) in [4.78, 5) is 25.2. The number of carbonyl (C=O) groups excluding carboxylic acids is 2. The zero-order valence-electron chi connectivity index (χ0n) is 18.9. The first-order valence-corrected chi connectivity index (χ1v) is 12.1. The molecular weight excluding hydrogens is 458 g/mol. The third-order valence-electron chi connectivity index (χ3n) is 5.34. The molecule has 1 fully saturated rings. The van der Waals surface area contributed by atoms with E-state index in [4.69, 9.17) is 28.6 Å². The van der Waals surface area contributed by atoms with Crippen molar-refractivity contribution in [2.45, 2.75) is 52.0 Å². The van der Waals surface area contributed by atoms with E-state index in [9.17, 15) is 9.59 Å². The van der Waals surface area contributed by atoms with Crippen LogP contribution in [0.15, 0.2) is 42.5 Å². The van der Waals surface area contributed by atoms with E-state index in [1.54, 1.807) is 42.5 Å². The predicted octanol–water partition coefficient (Wildman–Crippen LogP) is 5.56. The van der Waals surface area contributed by atoms with E-state index >= 15 is 0 Å². The number of amides is 2. The average Bonchev–Trinajstić information content (AvgIpc) is 2.79. The van der Waals surface area contributed by atoms with Gasteiger partial charge in [-0.3, -0.25) is 14.9 Å². The van der Waals surface area contributed by atoms with Crippen molar-refractivity contribution >= 4 is 46.4 Å². The molecule has 0 radical (unpaired) electrons. The van der Waals surface area contributed by atoms with Gasteiger partial charge >= 0.3 is 0 Å². The highest BCUT2D eigenvalue weighted by molar-refractivity contribution is 7.80. The summed E-state index contributed by atoms with van der Waals surface area (Å²) >= 11 is 11.5. The molecule has 2 amide bonds. The van der Waals surface area contributed by atoms with Gasteiger partial charge in [-0.05, 0) is 73.4 Å². The number of nitrogens with one attached hydrogen (secondary N) is 3. The standard InChI is InChI=1S/C25H30ClN3O3S/c1-16(2)15-32-20-11-8-17(9-12-20)23(30)29-25(33)28-19-10-13-22(26)21(14-19)24(31)27-18-6-4-3-5-7-18/h8-14,16,18H,3-7,15H2,1-2H3,(H,27,31)(H2,28,29,30,33).